The van der Waals surface area contributed by atoms with Gasteiger partial charge in [0.2, 0.25) is 0 Å². The molecule has 0 aliphatic heterocycles. The Balaban J connectivity index is 0.00000220. The van der Waals surface area contributed by atoms with E-state index >= 15 is 0 Å². The molecule has 0 fully saturated rings. The van der Waals surface area contributed by atoms with Crippen molar-refractivity contribution in [3.8, 4) is 0 Å². The summed E-state index contributed by atoms with van der Waals surface area (Å²) < 4.78 is 0. The van der Waals surface area contributed by atoms with Gasteiger partial charge in [-0.05, 0) is 24.5 Å². The van der Waals surface area contributed by atoms with Crippen molar-refractivity contribution in [2.75, 3.05) is 34.7 Å². The second-order valence-electron chi connectivity index (χ2n) is 5.43. The average Bonchev–Trinajstić information content (AvgIpc) is 2.81. The number of hydrogen-bond donors (Lipinski definition) is 1. The van der Waals surface area contributed by atoms with Crippen LogP contribution >= 0.6 is 24.0 Å². The summed E-state index contributed by atoms with van der Waals surface area (Å²) in [5, 5.41) is 1.33. The highest BCUT2D eigenvalue weighted by Crippen LogP contribution is 2.18. The minimum atomic E-state index is 0. The van der Waals surface area contributed by atoms with E-state index in [9.17, 15) is 0 Å². The Morgan fingerprint density at radius 1 is 1.10 bits per heavy atom. The fourth-order valence-electron chi connectivity index (χ4n) is 2.47. The molecule has 1 heterocycles. The summed E-state index contributed by atoms with van der Waals surface area (Å²) in [7, 11) is 8.11. The first-order valence-corrected chi connectivity index (χ1v) is 7.03. The predicted octanol–water partition coefficient (Wildman–Crippen LogP) is 3.20. The van der Waals surface area contributed by atoms with E-state index in [1.54, 1.807) is 0 Å². The lowest BCUT2D eigenvalue weighted by Gasteiger charge is -2.22. The third kappa shape index (κ3) is 4.62. The largest absolute Gasteiger partial charge is 0.361 e. The van der Waals surface area contributed by atoms with Crippen LogP contribution < -0.4 is 0 Å². The summed E-state index contributed by atoms with van der Waals surface area (Å²) in [6.07, 6.45) is 4.24. The second kappa shape index (κ2) is 8.26. The molecule has 0 spiro atoms. The number of halogens is 1. The monoisotopic (exact) mass is 400 g/mol. The summed E-state index contributed by atoms with van der Waals surface area (Å²) in [6, 6.07) is 8.45. The van der Waals surface area contributed by atoms with Crippen molar-refractivity contribution in [1.82, 2.24) is 14.8 Å². The maximum atomic E-state index is 4.66. The summed E-state index contributed by atoms with van der Waals surface area (Å²) in [5.74, 6) is 1.02. The topological polar surface area (TPSA) is 34.6 Å². The first-order chi connectivity index (χ1) is 9.59. The minimum absolute atomic E-state index is 0. The Hall–Kier alpha value is -1.24. The Morgan fingerprint density at radius 2 is 1.76 bits per heavy atom. The van der Waals surface area contributed by atoms with Gasteiger partial charge in [0.1, 0.15) is 0 Å². The van der Waals surface area contributed by atoms with E-state index in [2.05, 4.69) is 40.4 Å². The number of hydrogen-bond acceptors (Lipinski definition) is 1. The number of guanidine groups is 1. The van der Waals surface area contributed by atoms with Crippen molar-refractivity contribution < 1.29 is 0 Å². The maximum Gasteiger partial charge on any atom is 0.195 e. The SMILES string of the molecule is CN(C)C(=NCCCc1c[nH]c2ccccc12)N(C)C.I. The van der Waals surface area contributed by atoms with Crippen molar-refractivity contribution in [3.05, 3.63) is 36.0 Å². The van der Waals surface area contributed by atoms with Crippen molar-refractivity contribution in [1.29, 1.82) is 0 Å². The van der Waals surface area contributed by atoms with Crippen LogP contribution in [-0.4, -0.2) is 55.5 Å². The minimum Gasteiger partial charge on any atom is -0.361 e. The zero-order chi connectivity index (χ0) is 14.5. The molecule has 21 heavy (non-hydrogen) atoms. The third-order valence-electron chi connectivity index (χ3n) is 3.33. The number of aromatic amines is 1. The lowest BCUT2D eigenvalue weighted by atomic mass is 10.1. The molecule has 116 valence electrons. The van der Waals surface area contributed by atoms with Gasteiger partial charge in [0.05, 0.1) is 0 Å². The molecule has 0 unspecified atom stereocenters. The van der Waals surface area contributed by atoms with Crippen LogP contribution in [0.25, 0.3) is 10.9 Å². The Labute approximate surface area is 144 Å². The first kappa shape index (κ1) is 17.8. The second-order valence-corrected chi connectivity index (χ2v) is 5.43. The van der Waals surface area contributed by atoms with E-state index in [-0.39, 0.29) is 24.0 Å². The van der Waals surface area contributed by atoms with Crippen LogP contribution in [0.3, 0.4) is 0 Å². The number of para-hydroxylation sites is 1. The first-order valence-electron chi connectivity index (χ1n) is 7.03. The van der Waals surface area contributed by atoms with Crippen LogP contribution in [0.5, 0.6) is 0 Å². The fourth-order valence-corrected chi connectivity index (χ4v) is 2.47. The molecule has 5 heteroatoms. The fraction of sp³-hybridized carbons (Fsp3) is 0.438. The van der Waals surface area contributed by atoms with Gasteiger partial charge in [0.25, 0.3) is 0 Å². The van der Waals surface area contributed by atoms with Crippen LogP contribution in [0.2, 0.25) is 0 Å². The van der Waals surface area contributed by atoms with Crippen molar-refractivity contribution >= 4 is 40.8 Å². The van der Waals surface area contributed by atoms with Gasteiger partial charge in [-0.2, -0.15) is 0 Å². The van der Waals surface area contributed by atoms with Crippen LogP contribution in [0.15, 0.2) is 35.5 Å². The van der Waals surface area contributed by atoms with Gasteiger partial charge in [0.15, 0.2) is 5.96 Å². The van der Waals surface area contributed by atoms with Crippen LogP contribution in [0.1, 0.15) is 12.0 Å². The number of rotatable bonds is 4. The maximum absolute atomic E-state index is 4.66. The van der Waals surface area contributed by atoms with E-state index < -0.39 is 0 Å². The number of benzene rings is 1. The van der Waals surface area contributed by atoms with Crippen LogP contribution in [0.4, 0.5) is 0 Å². The molecule has 4 nitrogen and oxygen atoms in total. The Bertz CT molecular complexity index is 577. The lowest BCUT2D eigenvalue weighted by molar-refractivity contribution is 0.479. The Morgan fingerprint density at radius 3 is 2.43 bits per heavy atom. The van der Waals surface area contributed by atoms with Gasteiger partial charge in [-0.1, -0.05) is 18.2 Å². The highest BCUT2D eigenvalue weighted by molar-refractivity contribution is 14.0. The molecule has 2 aromatic rings. The summed E-state index contributed by atoms with van der Waals surface area (Å²) in [4.78, 5) is 12.1. The van der Waals surface area contributed by atoms with E-state index in [1.165, 1.54) is 16.5 Å². The van der Waals surface area contributed by atoms with Gasteiger partial charge in [-0.3, -0.25) is 4.99 Å². The lowest BCUT2D eigenvalue weighted by Crippen LogP contribution is -2.35. The quantitative estimate of drug-likeness (QED) is 0.370. The van der Waals surface area contributed by atoms with Gasteiger partial charge >= 0.3 is 0 Å². The van der Waals surface area contributed by atoms with Gasteiger partial charge in [-0.25, -0.2) is 0 Å². The van der Waals surface area contributed by atoms with Gasteiger partial charge < -0.3 is 14.8 Å². The highest BCUT2D eigenvalue weighted by Gasteiger charge is 2.04. The smallest absolute Gasteiger partial charge is 0.195 e. The van der Waals surface area contributed by atoms with E-state index in [0.29, 0.717) is 0 Å². The third-order valence-corrected chi connectivity index (χ3v) is 3.33. The standard InChI is InChI=1S/C16H24N4.HI/c1-19(2)16(20(3)4)17-11-7-8-13-12-18-15-10-6-5-9-14(13)15;/h5-6,9-10,12,18H,7-8,11H2,1-4H3;1H. The molecule has 1 aromatic heterocycles. The molecule has 0 aliphatic carbocycles. The predicted molar refractivity (Wildman–Crippen MR) is 102 cm³/mol. The van der Waals surface area contributed by atoms with Gasteiger partial charge in [0, 0.05) is 51.8 Å². The van der Waals surface area contributed by atoms with E-state index in [4.69, 9.17) is 0 Å². The number of fused-ring (bicyclic) bond motifs is 1. The van der Waals surface area contributed by atoms with E-state index in [1.807, 2.05) is 38.0 Å². The molecule has 0 radical (unpaired) electrons. The van der Waals surface area contributed by atoms with Crippen molar-refractivity contribution in [2.24, 2.45) is 4.99 Å². The molecule has 0 aliphatic rings. The molecule has 0 bridgehead atoms. The molecular weight excluding hydrogens is 375 g/mol. The highest BCUT2D eigenvalue weighted by atomic mass is 127. The molecule has 0 saturated carbocycles. The zero-order valence-corrected chi connectivity index (χ0v) is 15.6. The molecule has 1 N–H and O–H groups in total. The van der Waals surface area contributed by atoms with Crippen LogP contribution in [0, 0.1) is 0 Å². The average molecular weight is 400 g/mol. The van der Waals surface area contributed by atoms with Crippen molar-refractivity contribution in [3.63, 3.8) is 0 Å². The summed E-state index contributed by atoms with van der Waals surface area (Å²) in [5.41, 5.74) is 2.60. The number of aliphatic imine (C=N–C) groups is 1. The molecule has 0 saturated heterocycles. The number of aryl methyl sites for hydroxylation is 1. The van der Waals surface area contributed by atoms with Crippen LogP contribution in [-0.2, 0) is 6.42 Å². The molecule has 1 aromatic carbocycles. The van der Waals surface area contributed by atoms with Crippen molar-refractivity contribution in [2.45, 2.75) is 12.8 Å². The summed E-state index contributed by atoms with van der Waals surface area (Å²) in [6.45, 7) is 0.852. The molecule has 0 amide bonds. The number of nitrogens with one attached hydrogen (secondary N) is 1. The zero-order valence-electron chi connectivity index (χ0n) is 13.3. The normalized spacial score (nSPS) is 10.1. The molecule has 2 rings (SSSR count). The number of nitrogens with zero attached hydrogens (tertiary/aromatic N) is 3. The number of aromatic nitrogens is 1. The Kier molecular flexibility index (Phi) is 7.01. The molecular formula is C16H25IN4. The van der Waals surface area contributed by atoms with Gasteiger partial charge in [-0.15, -0.1) is 24.0 Å². The van der Waals surface area contributed by atoms with E-state index in [0.717, 1.165) is 25.3 Å². The molecule has 0 atom stereocenters. The number of H-pyrrole nitrogens is 1. The summed E-state index contributed by atoms with van der Waals surface area (Å²) >= 11 is 0.